The van der Waals surface area contributed by atoms with Gasteiger partial charge in [0.1, 0.15) is 0 Å². The molecule has 3 heteroatoms. The molecule has 0 bridgehead atoms. The number of hydrogen-bond acceptors (Lipinski definition) is 2. The highest BCUT2D eigenvalue weighted by molar-refractivity contribution is 5.41. The Balaban J connectivity index is 2.48. The first-order valence-electron chi connectivity index (χ1n) is 4.36. The van der Waals surface area contributed by atoms with Gasteiger partial charge in [0.2, 0.25) is 0 Å². The Labute approximate surface area is 76.6 Å². The fourth-order valence-corrected chi connectivity index (χ4v) is 1.72. The van der Waals surface area contributed by atoms with E-state index in [0.717, 1.165) is 24.1 Å². The van der Waals surface area contributed by atoms with Crippen molar-refractivity contribution in [2.75, 3.05) is 13.6 Å². The summed E-state index contributed by atoms with van der Waals surface area (Å²) >= 11 is 0. The molecule has 1 heterocycles. The van der Waals surface area contributed by atoms with Crippen LogP contribution in [-0.4, -0.2) is 23.6 Å². The highest BCUT2D eigenvalue weighted by Gasteiger charge is 2.18. The predicted octanol–water partition coefficient (Wildman–Crippen LogP) is 1.52. The van der Waals surface area contributed by atoms with Crippen LogP contribution in [0.1, 0.15) is 11.1 Å². The first-order chi connectivity index (χ1) is 6.18. The highest BCUT2D eigenvalue weighted by atomic mass is 19.1. The zero-order valence-corrected chi connectivity index (χ0v) is 7.55. The average Bonchev–Trinajstić information content (AvgIpc) is 2.12. The lowest BCUT2D eigenvalue weighted by atomic mass is 9.99. The van der Waals surface area contributed by atoms with Crippen molar-refractivity contribution in [1.29, 1.82) is 0 Å². The van der Waals surface area contributed by atoms with Crippen LogP contribution in [0.2, 0.25) is 0 Å². The van der Waals surface area contributed by atoms with Crippen molar-refractivity contribution < 1.29 is 9.50 Å². The maximum Gasteiger partial charge on any atom is 0.165 e. The number of phenols is 1. The summed E-state index contributed by atoms with van der Waals surface area (Å²) < 4.78 is 13.0. The molecule has 0 saturated carbocycles. The van der Waals surface area contributed by atoms with Crippen molar-refractivity contribution in [3.05, 3.63) is 29.1 Å². The molecule has 0 fully saturated rings. The summed E-state index contributed by atoms with van der Waals surface area (Å²) in [4.78, 5) is 2.07. The number of nitrogens with zero attached hydrogens (tertiary/aromatic N) is 1. The van der Waals surface area contributed by atoms with Crippen molar-refractivity contribution in [2.24, 2.45) is 0 Å². The van der Waals surface area contributed by atoms with E-state index in [0.29, 0.717) is 6.54 Å². The van der Waals surface area contributed by atoms with Gasteiger partial charge in [0.25, 0.3) is 0 Å². The molecule has 0 aromatic heterocycles. The minimum Gasteiger partial charge on any atom is -0.505 e. The molecule has 1 aromatic rings. The fraction of sp³-hybridized carbons (Fsp3) is 0.400. The van der Waals surface area contributed by atoms with Crippen LogP contribution in [0, 0.1) is 5.82 Å². The Kier molecular flexibility index (Phi) is 1.96. The number of hydrogen-bond donors (Lipinski definition) is 1. The predicted molar refractivity (Wildman–Crippen MR) is 48.1 cm³/mol. The summed E-state index contributed by atoms with van der Waals surface area (Å²) in [6.07, 6.45) is 0.889. The average molecular weight is 181 g/mol. The van der Waals surface area contributed by atoms with Gasteiger partial charge >= 0.3 is 0 Å². The molecule has 0 aliphatic carbocycles. The topological polar surface area (TPSA) is 23.5 Å². The van der Waals surface area contributed by atoms with Crippen molar-refractivity contribution >= 4 is 0 Å². The number of rotatable bonds is 0. The Morgan fingerprint density at radius 1 is 1.46 bits per heavy atom. The summed E-state index contributed by atoms with van der Waals surface area (Å²) in [6, 6.07) is 3.09. The van der Waals surface area contributed by atoms with E-state index >= 15 is 0 Å². The summed E-state index contributed by atoms with van der Waals surface area (Å²) in [7, 11) is 1.97. The molecule has 2 nitrogen and oxygen atoms in total. The minimum atomic E-state index is -0.519. The van der Waals surface area contributed by atoms with Crippen LogP contribution in [0.4, 0.5) is 4.39 Å². The number of halogens is 1. The third kappa shape index (κ3) is 1.40. The smallest absolute Gasteiger partial charge is 0.165 e. The van der Waals surface area contributed by atoms with Crippen LogP contribution in [0.3, 0.4) is 0 Å². The largest absolute Gasteiger partial charge is 0.505 e. The zero-order chi connectivity index (χ0) is 9.42. The maximum atomic E-state index is 13.0. The molecule has 1 aromatic carbocycles. The molecule has 1 N–H and O–H groups in total. The van der Waals surface area contributed by atoms with Gasteiger partial charge in [-0.3, -0.25) is 0 Å². The van der Waals surface area contributed by atoms with Gasteiger partial charge in [0.05, 0.1) is 0 Å². The second kappa shape index (κ2) is 3.00. The third-order valence-electron chi connectivity index (χ3n) is 2.52. The fourth-order valence-electron chi connectivity index (χ4n) is 1.72. The van der Waals surface area contributed by atoms with Gasteiger partial charge in [-0.05, 0) is 25.1 Å². The number of likely N-dealkylation sites (N-methyl/N-ethyl adjacent to an activating group) is 1. The molecule has 0 saturated heterocycles. The first kappa shape index (κ1) is 8.51. The number of aromatic hydroxyl groups is 1. The summed E-state index contributed by atoms with van der Waals surface area (Å²) in [5.41, 5.74) is 1.81. The van der Waals surface area contributed by atoms with E-state index in [1.807, 2.05) is 7.05 Å². The molecule has 13 heavy (non-hydrogen) atoms. The molecule has 2 rings (SSSR count). The number of phenolic OH excluding ortho intramolecular Hbond substituents is 1. The van der Waals surface area contributed by atoms with Crippen LogP contribution >= 0.6 is 0 Å². The van der Waals surface area contributed by atoms with E-state index in [9.17, 15) is 9.50 Å². The van der Waals surface area contributed by atoms with E-state index in [-0.39, 0.29) is 5.75 Å². The van der Waals surface area contributed by atoms with Gasteiger partial charge in [0, 0.05) is 18.7 Å². The standard InChI is InChI=1S/C10H12FNO/c1-12-5-4-7-2-3-9(11)10(13)8(7)6-12/h2-3,13H,4-6H2,1H3. The molecule has 0 spiro atoms. The molecular formula is C10H12FNO. The quantitative estimate of drug-likeness (QED) is 0.656. The van der Waals surface area contributed by atoms with Crippen LogP contribution in [-0.2, 0) is 13.0 Å². The molecule has 0 amide bonds. The Morgan fingerprint density at radius 3 is 3.00 bits per heavy atom. The summed E-state index contributed by atoms with van der Waals surface area (Å²) in [6.45, 7) is 1.61. The lowest BCUT2D eigenvalue weighted by Crippen LogP contribution is -2.26. The van der Waals surface area contributed by atoms with Gasteiger partial charge in [0.15, 0.2) is 11.6 Å². The second-order valence-corrected chi connectivity index (χ2v) is 3.52. The van der Waals surface area contributed by atoms with Crippen molar-refractivity contribution in [2.45, 2.75) is 13.0 Å². The van der Waals surface area contributed by atoms with Crippen LogP contribution in [0.15, 0.2) is 12.1 Å². The SMILES string of the molecule is CN1CCc2ccc(F)c(O)c2C1. The Hall–Kier alpha value is -1.09. The molecule has 1 aliphatic rings. The van der Waals surface area contributed by atoms with E-state index in [4.69, 9.17) is 0 Å². The number of benzene rings is 1. The van der Waals surface area contributed by atoms with Crippen LogP contribution < -0.4 is 0 Å². The van der Waals surface area contributed by atoms with Crippen molar-refractivity contribution in [3.63, 3.8) is 0 Å². The maximum absolute atomic E-state index is 13.0. The Bertz CT molecular complexity index is 338. The molecule has 1 aliphatic heterocycles. The first-order valence-corrected chi connectivity index (χ1v) is 4.36. The highest BCUT2D eigenvalue weighted by Crippen LogP contribution is 2.28. The lowest BCUT2D eigenvalue weighted by Gasteiger charge is -2.25. The summed E-state index contributed by atoms with van der Waals surface area (Å²) in [5, 5.41) is 9.46. The third-order valence-corrected chi connectivity index (χ3v) is 2.52. The van der Waals surface area contributed by atoms with Gasteiger partial charge in [-0.15, -0.1) is 0 Å². The van der Waals surface area contributed by atoms with Gasteiger partial charge in [-0.25, -0.2) is 4.39 Å². The normalized spacial score (nSPS) is 17.1. The van der Waals surface area contributed by atoms with Gasteiger partial charge in [-0.1, -0.05) is 6.07 Å². The monoisotopic (exact) mass is 181 g/mol. The lowest BCUT2D eigenvalue weighted by molar-refractivity contribution is 0.301. The van der Waals surface area contributed by atoms with Crippen molar-refractivity contribution in [3.8, 4) is 5.75 Å². The molecule has 0 unspecified atom stereocenters. The second-order valence-electron chi connectivity index (χ2n) is 3.52. The summed E-state index contributed by atoms with van der Waals surface area (Å²) in [5.74, 6) is -0.696. The van der Waals surface area contributed by atoms with Crippen LogP contribution in [0.5, 0.6) is 5.75 Å². The van der Waals surface area contributed by atoms with Crippen LogP contribution in [0.25, 0.3) is 0 Å². The van der Waals surface area contributed by atoms with Crippen molar-refractivity contribution in [1.82, 2.24) is 4.90 Å². The van der Waals surface area contributed by atoms with E-state index in [2.05, 4.69) is 4.90 Å². The van der Waals surface area contributed by atoms with Gasteiger partial charge in [-0.2, -0.15) is 0 Å². The molecule has 0 radical (unpaired) electrons. The zero-order valence-electron chi connectivity index (χ0n) is 7.55. The van der Waals surface area contributed by atoms with E-state index < -0.39 is 5.82 Å². The Morgan fingerprint density at radius 2 is 2.23 bits per heavy atom. The molecular weight excluding hydrogens is 169 g/mol. The minimum absolute atomic E-state index is 0.177. The van der Waals surface area contributed by atoms with E-state index in [1.54, 1.807) is 6.07 Å². The van der Waals surface area contributed by atoms with Gasteiger partial charge < -0.3 is 10.0 Å². The molecule has 70 valence electrons. The molecule has 0 atom stereocenters. The van der Waals surface area contributed by atoms with E-state index in [1.165, 1.54) is 6.07 Å². The number of fused-ring (bicyclic) bond motifs is 1.